The van der Waals surface area contributed by atoms with Crippen LogP contribution in [-0.4, -0.2) is 152 Å². The van der Waals surface area contributed by atoms with Crippen molar-refractivity contribution in [2.45, 2.75) is 218 Å². The summed E-state index contributed by atoms with van der Waals surface area (Å²) in [6.45, 7) is 19.1. The number of amides is 1. The Morgan fingerprint density at radius 3 is 1.84 bits per heavy atom. The molecule has 0 spiro atoms. The van der Waals surface area contributed by atoms with E-state index in [4.69, 9.17) is 28.4 Å². The van der Waals surface area contributed by atoms with Crippen molar-refractivity contribution in [3.8, 4) is 11.1 Å². The molecular weight excluding hydrogens is 975 g/mol. The van der Waals surface area contributed by atoms with Crippen molar-refractivity contribution in [2.75, 3.05) is 11.9 Å². The van der Waals surface area contributed by atoms with Gasteiger partial charge in [0.1, 0.15) is 61.0 Å². The van der Waals surface area contributed by atoms with Gasteiger partial charge in [0.25, 0.3) is 0 Å². The highest BCUT2D eigenvalue weighted by Gasteiger charge is 2.70. The number of nitrogens with one attached hydrogen (secondary N) is 1. The minimum atomic E-state index is -1.74. The molecule has 16 nitrogen and oxygen atoms in total. The van der Waals surface area contributed by atoms with Crippen LogP contribution in [0.15, 0.2) is 66.2 Å². The number of carbonyl (C=O) groups excluding carboxylic acids is 1. The Morgan fingerprint density at radius 1 is 0.618 bits per heavy atom. The molecule has 0 aromatic heterocycles. The summed E-state index contributed by atoms with van der Waals surface area (Å²) >= 11 is 0. The van der Waals surface area contributed by atoms with Gasteiger partial charge in [0.05, 0.1) is 30.3 Å². The molecule has 8 aliphatic rings. The fourth-order valence-electron chi connectivity index (χ4n) is 16.9. The normalized spacial score (nSPS) is 49.0. The van der Waals surface area contributed by atoms with Gasteiger partial charge in [-0.15, -0.1) is 0 Å². The minimum absolute atomic E-state index is 0.0566. The van der Waals surface area contributed by atoms with Crippen molar-refractivity contribution in [3.05, 3.63) is 66.2 Å². The van der Waals surface area contributed by atoms with Gasteiger partial charge in [-0.2, -0.15) is 0 Å². The van der Waals surface area contributed by atoms with E-state index in [0.29, 0.717) is 24.2 Å². The molecule has 16 heteroatoms. The Kier molecular flexibility index (Phi) is 15.5. The van der Waals surface area contributed by atoms with Gasteiger partial charge >= 0.3 is 0 Å². The van der Waals surface area contributed by atoms with E-state index in [2.05, 4.69) is 84.1 Å². The highest BCUT2D eigenvalue weighted by Crippen LogP contribution is 2.76. The van der Waals surface area contributed by atoms with Crippen LogP contribution in [0.25, 0.3) is 11.1 Å². The number of fused-ring (bicyclic) bond motifs is 7. The lowest BCUT2D eigenvalue weighted by atomic mass is 9.33. The monoisotopic (exact) mass is 1060 g/mol. The molecule has 4 saturated carbocycles. The van der Waals surface area contributed by atoms with Gasteiger partial charge in [-0.3, -0.25) is 4.79 Å². The van der Waals surface area contributed by atoms with Crippen LogP contribution < -0.4 is 5.32 Å². The maximum Gasteiger partial charge on any atom is 0.231 e. The van der Waals surface area contributed by atoms with Gasteiger partial charge in [0.15, 0.2) is 18.9 Å². The van der Waals surface area contributed by atoms with Gasteiger partial charge in [0, 0.05) is 5.69 Å². The highest BCUT2D eigenvalue weighted by atomic mass is 16.8. The predicted molar refractivity (Wildman–Crippen MR) is 281 cm³/mol. The van der Waals surface area contributed by atoms with E-state index in [0.717, 1.165) is 68.2 Å². The fraction of sp³-hybridized carbons (Fsp3) is 0.750. The Bertz CT molecular complexity index is 2410. The van der Waals surface area contributed by atoms with E-state index < -0.39 is 116 Å². The predicted octanol–water partition coefficient (Wildman–Crippen LogP) is 5.84. The van der Waals surface area contributed by atoms with Crippen molar-refractivity contribution < 1.29 is 74.1 Å². The SMILES string of the molecule is C[C@H]1[C@H](C)CC[C@]2(C(=O)Nc3ccc(-c4ccccc4)cc3)CC[C@]3(C)C(=CC[C@@H]4[C@@]5(C)CC[C@H](O[C@@H]6O[C@H](CO)[C@@H](O[C@@H]7O[C@@H](C)[C@H](O)[C@@H](O)[C@H]7O)[C@H](O)[C@H]6O[C@@H]6O[C@@H](C)[C@H](O)[C@@H](O)[C@H]6O)C(C)(C)[C@@H]5CC[C@]43C)[C@H]12. The molecule has 3 saturated heterocycles. The minimum Gasteiger partial charge on any atom is -0.394 e. The number of rotatable bonds is 10. The molecular formula is C60H87NO15. The number of hydrogen-bond donors (Lipinski definition) is 9. The fourth-order valence-corrected chi connectivity index (χ4v) is 16.9. The standard InChI is InChI=1S/C60H87NO15/c1-30-21-26-60(55(70)61-36-17-15-35(16-18-36)34-13-11-10-12-14-34)28-27-58(8)37(42(60)31(30)2)19-20-40-57(7)24-23-41(56(5,6)39(57)22-25-59(40,58)9)74-54-51(76-53-48(68)46(66)44(64)33(4)72-53)49(69)50(38(29-62)73-54)75-52-47(67)45(65)43(63)32(3)71-52/h10-19,30-33,38-54,62-69H,20-29H2,1-9H3,(H,61,70)/t30-,31+,32+,33+,38-,39+,40-,41+,42+,43+,44+,45-,46-,47-,48-,49+,50-,51-,52+,53+,54+,57+,58-,59-,60+/m1/s1. The lowest BCUT2D eigenvalue weighted by molar-refractivity contribution is -0.393. The summed E-state index contributed by atoms with van der Waals surface area (Å²) in [6.07, 6.45) is -11.9. The zero-order valence-corrected chi connectivity index (χ0v) is 45.9. The molecule has 2 aromatic rings. The number of carbonyl (C=O) groups is 1. The Hall–Kier alpha value is -2.91. The molecule has 3 aliphatic heterocycles. The molecule has 1 amide bonds. The summed E-state index contributed by atoms with van der Waals surface area (Å²) < 4.78 is 37.5. The zero-order chi connectivity index (χ0) is 54.6. The average molecular weight is 1060 g/mol. The first kappa shape index (κ1) is 56.4. The van der Waals surface area contributed by atoms with Gasteiger partial charge in [0.2, 0.25) is 5.91 Å². The molecule has 25 atom stereocenters. The maximum absolute atomic E-state index is 15.1. The smallest absolute Gasteiger partial charge is 0.231 e. The van der Waals surface area contributed by atoms with Crippen molar-refractivity contribution >= 4 is 11.6 Å². The average Bonchev–Trinajstić information content (AvgIpc) is 3.42. The summed E-state index contributed by atoms with van der Waals surface area (Å²) in [5.74, 6) is 1.60. The number of benzene rings is 2. The third-order valence-corrected chi connectivity index (χ3v) is 21.9. The van der Waals surface area contributed by atoms with Gasteiger partial charge in [-0.1, -0.05) is 103 Å². The van der Waals surface area contributed by atoms with E-state index in [1.807, 2.05) is 30.3 Å². The first-order chi connectivity index (χ1) is 35.9. The highest BCUT2D eigenvalue weighted by molar-refractivity contribution is 5.96. The van der Waals surface area contributed by atoms with Crippen LogP contribution in [0, 0.1) is 56.7 Å². The van der Waals surface area contributed by atoms with E-state index in [1.54, 1.807) is 0 Å². The molecule has 2 aromatic carbocycles. The van der Waals surface area contributed by atoms with Gasteiger partial charge in [-0.25, -0.2) is 0 Å². The van der Waals surface area contributed by atoms with Crippen molar-refractivity contribution in [1.29, 1.82) is 0 Å². The van der Waals surface area contributed by atoms with Crippen molar-refractivity contribution in [3.63, 3.8) is 0 Å². The van der Waals surface area contributed by atoms with Crippen LogP contribution in [-0.2, 0) is 33.2 Å². The molecule has 9 N–H and O–H groups in total. The molecule has 422 valence electrons. The molecule has 76 heavy (non-hydrogen) atoms. The summed E-state index contributed by atoms with van der Waals surface area (Å²) in [7, 11) is 0. The van der Waals surface area contributed by atoms with Crippen molar-refractivity contribution in [2.24, 2.45) is 56.7 Å². The largest absolute Gasteiger partial charge is 0.394 e. The first-order valence-electron chi connectivity index (χ1n) is 28.4. The molecule has 5 aliphatic carbocycles. The molecule has 3 heterocycles. The number of ether oxygens (including phenoxy) is 6. The molecule has 7 fully saturated rings. The lowest BCUT2D eigenvalue weighted by Crippen LogP contribution is -2.68. The van der Waals surface area contributed by atoms with E-state index in [1.165, 1.54) is 19.4 Å². The Labute approximate surface area is 448 Å². The first-order valence-corrected chi connectivity index (χ1v) is 28.4. The number of aliphatic hydroxyl groups is 8. The summed E-state index contributed by atoms with van der Waals surface area (Å²) in [5, 5.41) is 90.8. The van der Waals surface area contributed by atoms with Crippen LogP contribution in [0.5, 0.6) is 0 Å². The van der Waals surface area contributed by atoms with Gasteiger partial charge < -0.3 is 74.6 Å². The van der Waals surface area contributed by atoms with Crippen LogP contribution in [0.4, 0.5) is 5.69 Å². The third kappa shape index (κ3) is 9.08. The van der Waals surface area contributed by atoms with Crippen LogP contribution in [0.1, 0.15) is 120 Å². The zero-order valence-electron chi connectivity index (χ0n) is 45.9. The van der Waals surface area contributed by atoms with Crippen LogP contribution >= 0.6 is 0 Å². The summed E-state index contributed by atoms with van der Waals surface area (Å²) in [5.41, 5.74) is 3.30. The maximum atomic E-state index is 15.1. The second-order valence-corrected chi connectivity index (χ2v) is 26.0. The number of aliphatic hydroxyl groups excluding tert-OH is 8. The Morgan fingerprint density at radius 2 is 1.22 bits per heavy atom. The molecule has 10 rings (SSSR count). The third-order valence-electron chi connectivity index (χ3n) is 21.9. The topological polar surface area (TPSA) is 246 Å². The molecule has 0 radical (unpaired) electrons. The van der Waals surface area contributed by atoms with E-state index in [9.17, 15) is 40.9 Å². The molecule has 0 unspecified atom stereocenters. The van der Waals surface area contributed by atoms with Gasteiger partial charge in [-0.05, 0) is 146 Å². The summed E-state index contributed by atoms with van der Waals surface area (Å²) in [4.78, 5) is 15.1. The second kappa shape index (κ2) is 20.9. The van der Waals surface area contributed by atoms with Crippen LogP contribution in [0.2, 0.25) is 0 Å². The second-order valence-electron chi connectivity index (χ2n) is 26.0. The lowest BCUT2D eigenvalue weighted by Gasteiger charge is -2.71. The number of allylic oxidation sites excluding steroid dienone is 2. The number of hydrogen-bond acceptors (Lipinski definition) is 15. The van der Waals surface area contributed by atoms with Crippen molar-refractivity contribution in [1.82, 2.24) is 0 Å². The Balaban J connectivity index is 0.902. The van der Waals surface area contributed by atoms with Crippen LogP contribution in [0.3, 0.4) is 0 Å². The van der Waals surface area contributed by atoms with E-state index >= 15 is 4.79 Å². The molecule has 0 bridgehead atoms. The summed E-state index contributed by atoms with van der Waals surface area (Å²) in [6, 6.07) is 18.5. The number of anilines is 1. The van der Waals surface area contributed by atoms with E-state index in [-0.39, 0.29) is 34.0 Å². The quantitative estimate of drug-likeness (QED) is 0.100.